The maximum Gasteiger partial charge on any atom is 0.0553 e. The summed E-state index contributed by atoms with van der Waals surface area (Å²) in [5, 5.41) is 0. The van der Waals surface area contributed by atoms with Gasteiger partial charge in [0.25, 0.3) is 0 Å². The van der Waals surface area contributed by atoms with E-state index in [0.29, 0.717) is 0 Å². The Balaban J connectivity index is 3.70. The van der Waals surface area contributed by atoms with Crippen LogP contribution in [0.1, 0.15) is 26.7 Å². The highest BCUT2D eigenvalue weighted by molar-refractivity contribution is 5.55. The molecule has 0 radical (unpaired) electrons. The largest absolute Gasteiger partial charge is 0.403 e. The third-order valence-corrected chi connectivity index (χ3v) is 0.993. The monoisotopic (exact) mass is 126 g/mol. The summed E-state index contributed by atoms with van der Waals surface area (Å²) in [6.07, 6.45) is 5.39. The molecule has 0 amide bonds. The predicted molar refractivity (Wildman–Crippen MR) is 41.3 cm³/mol. The molecule has 0 spiro atoms. The van der Waals surface area contributed by atoms with Crippen LogP contribution >= 0.6 is 0 Å². The minimum Gasteiger partial charge on any atom is -0.403 e. The van der Waals surface area contributed by atoms with Crippen LogP contribution < -0.4 is 5.73 Å². The van der Waals surface area contributed by atoms with E-state index in [9.17, 15) is 0 Å². The Morgan fingerprint density at radius 2 is 2.33 bits per heavy atom. The second kappa shape index (κ2) is 5.35. The van der Waals surface area contributed by atoms with E-state index < -0.39 is 0 Å². The molecule has 0 aliphatic rings. The van der Waals surface area contributed by atoms with Gasteiger partial charge in [-0.2, -0.15) is 0 Å². The van der Waals surface area contributed by atoms with E-state index in [0.717, 1.165) is 18.5 Å². The number of hydrogen-bond acceptors (Lipinski definition) is 2. The van der Waals surface area contributed by atoms with E-state index in [1.807, 2.05) is 6.92 Å². The second-order valence-corrected chi connectivity index (χ2v) is 1.80. The second-order valence-electron chi connectivity index (χ2n) is 1.80. The molecule has 0 fully saturated rings. The zero-order valence-corrected chi connectivity index (χ0v) is 6.09. The first-order valence-electron chi connectivity index (χ1n) is 3.24. The topological polar surface area (TPSA) is 38.4 Å². The SMILES string of the molecule is CC=N/C(=C\N)CCC. The van der Waals surface area contributed by atoms with Crippen LogP contribution in [0.3, 0.4) is 0 Å². The number of nitrogens with zero attached hydrogens (tertiary/aromatic N) is 1. The van der Waals surface area contributed by atoms with Crippen LogP contribution in [-0.4, -0.2) is 6.21 Å². The first kappa shape index (κ1) is 8.21. The van der Waals surface area contributed by atoms with Gasteiger partial charge in [-0.15, -0.1) is 0 Å². The van der Waals surface area contributed by atoms with E-state index >= 15 is 0 Å². The van der Waals surface area contributed by atoms with Crippen LogP contribution in [0.2, 0.25) is 0 Å². The lowest BCUT2D eigenvalue weighted by molar-refractivity contribution is 0.890. The van der Waals surface area contributed by atoms with Gasteiger partial charge in [-0.05, 0) is 13.3 Å². The lowest BCUT2D eigenvalue weighted by Crippen LogP contribution is -1.85. The van der Waals surface area contributed by atoms with Crippen molar-refractivity contribution in [2.45, 2.75) is 26.7 Å². The molecule has 0 rings (SSSR count). The first-order valence-corrected chi connectivity index (χ1v) is 3.24. The average molecular weight is 126 g/mol. The van der Waals surface area contributed by atoms with E-state index in [-0.39, 0.29) is 0 Å². The minimum atomic E-state index is 0.972. The van der Waals surface area contributed by atoms with Gasteiger partial charge in [-0.25, -0.2) is 0 Å². The van der Waals surface area contributed by atoms with Crippen molar-refractivity contribution in [1.82, 2.24) is 0 Å². The highest BCUT2D eigenvalue weighted by Gasteiger charge is 1.86. The molecule has 9 heavy (non-hydrogen) atoms. The summed E-state index contributed by atoms with van der Waals surface area (Å²) in [7, 11) is 0. The van der Waals surface area contributed by atoms with Crippen molar-refractivity contribution in [3.63, 3.8) is 0 Å². The minimum absolute atomic E-state index is 0.972. The number of hydrogen-bond donors (Lipinski definition) is 1. The predicted octanol–water partition coefficient (Wildman–Crippen LogP) is 1.68. The Morgan fingerprint density at radius 3 is 2.67 bits per heavy atom. The molecule has 0 aromatic rings. The molecule has 0 bridgehead atoms. The van der Waals surface area contributed by atoms with E-state index in [4.69, 9.17) is 5.73 Å². The molecule has 2 heteroatoms. The fourth-order valence-electron chi connectivity index (χ4n) is 0.613. The summed E-state index contributed by atoms with van der Waals surface area (Å²) in [4.78, 5) is 4.04. The molecule has 0 aliphatic heterocycles. The summed E-state index contributed by atoms with van der Waals surface area (Å²) in [5.41, 5.74) is 6.24. The summed E-state index contributed by atoms with van der Waals surface area (Å²) >= 11 is 0. The lowest BCUT2D eigenvalue weighted by atomic mass is 10.3. The third-order valence-electron chi connectivity index (χ3n) is 0.993. The summed E-state index contributed by atoms with van der Waals surface area (Å²) in [5.74, 6) is 0. The molecular weight excluding hydrogens is 112 g/mol. The zero-order chi connectivity index (χ0) is 7.11. The molecule has 52 valence electrons. The van der Waals surface area contributed by atoms with Crippen LogP contribution in [0.25, 0.3) is 0 Å². The third kappa shape index (κ3) is 3.76. The van der Waals surface area contributed by atoms with Crippen molar-refractivity contribution in [1.29, 1.82) is 0 Å². The van der Waals surface area contributed by atoms with Gasteiger partial charge in [0.15, 0.2) is 0 Å². The van der Waals surface area contributed by atoms with E-state index in [2.05, 4.69) is 11.9 Å². The zero-order valence-electron chi connectivity index (χ0n) is 6.09. The summed E-state index contributed by atoms with van der Waals surface area (Å²) < 4.78 is 0. The molecule has 0 aromatic heterocycles. The molecule has 0 saturated carbocycles. The van der Waals surface area contributed by atoms with Crippen molar-refractivity contribution in [2.24, 2.45) is 10.7 Å². The summed E-state index contributed by atoms with van der Waals surface area (Å²) in [6, 6.07) is 0. The Morgan fingerprint density at radius 1 is 1.67 bits per heavy atom. The molecule has 0 aliphatic carbocycles. The first-order chi connectivity index (χ1) is 4.35. The molecule has 2 N–H and O–H groups in total. The van der Waals surface area contributed by atoms with Gasteiger partial charge in [-0.3, -0.25) is 4.99 Å². The van der Waals surface area contributed by atoms with Crippen LogP contribution in [0.5, 0.6) is 0 Å². The standard InChI is InChI=1S/C7H14N2/c1-3-5-7(6-8)9-4-2/h4,6H,3,5,8H2,1-2H3/b7-6-,9-4?. The molecule has 0 atom stereocenters. The van der Waals surface area contributed by atoms with Crippen LogP contribution in [0.15, 0.2) is 16.9 Å². The van der Waals surface area contributed by atoms with Crippen molar-refractivity contribution < 1.29 is 0 Å². The smallest absolute Gasteiger partial charge is 0.0553 e. The van der Waals surface area contributed by atoms with Crippen LogP contribution in [0.4, 0.5) is 0 Å². The highest BCUT2D eigenvalue weighted by Crippen LogP contribution is 2.02. The molecule has 2 nitrogen and oxygen atoms in total. The Bertz CT molecular complexity index is 114. The fourth-order valence-corrected chi connectivity index (χ4v) is 0.613. The van der Waals surface area contributed by atoms with Crippen molar-refractivity contribution in [3.05, 3.63) is 11.9 Å². The van der Waals surface area contributed by atoms with Crippen molar-refractivity contribution >= 4 is 6.21 Å². The molecular formula is C7H14N2. The average Bonchev–Trinajstić information content (AvgIpc) is 1.88. The van der Waals surface area contributed by atoms with E-state index in [1.54, 1.807) is 12.4 Å². The number of allylic oxidation sites excluding steroid dienone is 1. The number of nitrogens with two attached hydrogens (primary N) is 1. The Labute approximate surface area is 56.5 Å². The maximum atomic E-state index is 5.27. The lowest BCUT2D eigenvalue weighted by Gasteiger charge is -1.93. The van der Waals surface area contributed by atoms with Gasteiger partial charge in [-0.1, -0.05) is 13.3 Å². The van der Waals surface area contributed by atoms with Gasteiger partial charge in [0.1, 0.15) is 0 Å². The van der Waals surface area contributed by atoms with Gasteiger partial charge in [0.2, 0.25) is 0 Å². The van der Waals surface area contributed by atoms with E-state index in [1.165, 1.54) is 0 Å². The molecule has 0 aromatic carbocycles. The van der Waals surface area contributed by atoms with Crippen molar-refractivity contribution in [2.75, 3.05) is 0 Å². The van der Waals surface area contributed by atoms with Gasteiger partial charge in [0.05, 0.1) is 5.70 Å². The van der Waals surface area contributed by atoms with Gasteiger partial charge in [0, 0.05) is 12.4 Å². The quantitative estimate of drug-likeness (QED) is 0.574. The normalized spacial score (nSPS) is 12.9. The van der Waals surface area contributed by atoms with Crippen LogP contribution in [0, 0.1) is 0 Å². The summed E-state index contributed by atoms with van der Waals surface area (Å²) in [6.45, 7) is 3.99. The number of aliphatic imine (C=N–C) groups is 1. The fraction of sp³-hybridized carbons (Fsp3) is 0.571. The highest BCUT2D eigenvalue weighted by atomic mass is 14.7. The maximum absolute atomic E-state index is 5.27. The van der Waals surface area contributed by atoms with Crippen molar-refractivity contribution in [3.8, 4) is 0 Å². The molecule has 0 heterocycles. The molecule has 0 unspecified atom stereocenters. The molecule has 0 saturated heterocycles. The Kier molecular flexibility index (Phi) is 4.88. The van der Waals surface area contributed by atoms with Gasteiger partial charge < -0.3 is 5.73 Å². The Hall–Kier alpha value is -0.790. The number of rotatable bonds is 3. The van der Waals surface area contributed by atoms with Gasteiger partial charge >= 0.3 is 0 Å². The van der Waals surface area contributed by atoms with Crippen LogP contribution in [-0.2, 0) is 0 Å².